The van der Waals surface area contributed by atoms with Crippen LogP contribution in [0.2, 0.25) is 0 Å². The number of aliphatic imine (C=N–C) groups is 1. The molecule has 0 aromatic heterocycles. The Morgan fingerprint density at radius 3 is 2.05 bits per heavy atom. The maximum absolute atomic E-state index is 10.5. The molecule has 0 atom stereocenters. The number of amides is 2. The Morgan fingerprint density at radius 1 is 1.10 bits per heavy atom. The van der Waals surface area contributed by atoms with Gasteiger partial charge >= 0.3 is 12.2 Å². The van der Waals surface area contributed by atoms with Gasteiger partial charge in [-0.3, -0.25) is 10.6 Å². The zero-order chi connectivity index (χ0) is 15.4. The summed E-state index contributed by atoms with van der Waals surface area (Å²) >= 11 is 0. The molecule has 1 aromatic carbocycles. The molecule has 9 heteroatoms. The number of carboxylic acid groups (broad SMARTS) is 2. The lowest BCUT2D eigenvalue weighted by Crippen LogP contribution is -2.50. The van der Waals surface area contributed by atoms with Gasteiger partial charge in [0.25, 0.3) is 0 Å². The van der Waals surface area contributed by atoms with Gasteiger partial charge in [0.05, 0.1) is 11.8 Å². The Kier molecular flexibility index (Phi) is 4.24. The summed E-state index contributed by atoms with van der Waals surface area (Å²) in [6.45, 7) is 1.13. The van der Waals surface area contributed by atoms with Crippen molar-refractivity contribution in [3.05, 3.63) is 24.3 Å². The number of nitrogens with one attached hydrogen (secondary N) is 2. The summed E-state index contributed by atoms with van der Waals surface area (Å²) in [7, 11) is 0. The molecule has 1 aliphatic heterocycles. The molecule has 2 amide bonds. The molecule has 1 aromatic rings. The molecule has 0 spiro atoms. The maximum Gasteiger partial charge on any atom is 0.411 e. The van der Waals surface area contributed by atoms with Crippen molar-refractivity contribution in [1.82, 2.24) is 10.6 Å². The van der Waals surface area contributed by atoms with Crippen molar-refractivity contribution >= 4 is 29.5 Å². The van der Waals surface area contributed by atoms with E-state index in [9.17, 15) is 14.7 Å². The Balaban J connectivity index is 2.09. The molecule has 2 rings (SSSR count). The monoisotopic (exact) mass is 294 g/mol. The van der Waals surface area contributed by atoms with Gasteiger partial charge < -0.3 is 20.2 Å². The van der Waals surface area contributed by atoms with E-state index in [1.54, 1.807) is 24.3 Å². The van der Waals surface area contributed by atoms with E-state index in [-0.39, 0.29) is 6.10 Å². The van der Waals surface area contributed by atoms with E-state index < -0.39 is 18.1 Å². The van der Waals surface area contributed by atoms with E-state index in [1.165, 1.54) is 0 Å². The topological polar surface area (TPSA) is 134 Å². The molecule has 0 saturated carbocycles. The molecule has 1 aliphatic rings. The average Bonchev–Trinajstić information content (AvgIpc) is 2.34. The van der Waals surface area contributed by atoms with Crippen LogP contribution in [0.5, 0.6) is 0 Å². The number of nitrogens with zero attached hydrogens (tertiary/aromatic N) is 2. The fourth-order valence-electron chi connectivity index (χ4n) is 1.82. The molecule has 1 saturated heterocycles. The molecule has 0 unspecified atom stereocenters. The summed E-state index contributed by atoms with van der Waals surface area (Å²) in [6.07, 6.45) is -3.16. The highest BCUT2D eigenvalue weighted by molar-refractivity contribution is 6.01. The minimum Gasteiger partial charge on any atom is -0.465 e. The second-order valence-corrected chi connectivity index (χ2v) is 4.40. The first kappa shape index (κ1) is 14.6. The van der Waals surface area contributed by atoms with Crippen molar-refractivity contribution in [2.45, 2.75) is 6.10 Å². The van der Waals surface area contributed by atoms with Crippen molar-refractivity contribution < 1.29 is 24.9 Å². The van der Waals surface area contributed by atoms with Gasteiger partial charge in [0.15, 0.2) is 0 Å². The lowest BCUT2D eigenvalue weighted by atomic mass is 10.1. The van der Waals surface area contributed by atoms with Crippen LogP contribution in [-0.4, -0.2) is 52.7 Å². The lowest BCUT2D eigenvalue weighted by Gasteiger charge is -2.37. The fraction of sp³-hybridized carbons (Fsp3) is 0.250. The Morgan fingerprint density at radius 2 is 1.62 bits per heavy atom. The van der Waals surface area contributed by atoms with Crippen LogP contribution in [0, 0.1) is 0 Å². The summed E-state index contributed by atoms with van der Waals surface area (Å²) in [5.41, 5.74) is 1.29. The first-order chi connectivity index (χ1) is 9.94. The molecular formula is C12H14N4O5. The van der Waals surface area contributed by atoms with E-state index in [1.807, 2.05) is 15.5 Å². The number of hydrogen-bond donors (Lipinski definition) is 5. The Hall–Kier alpha value is -2.81. The molecule has 5 N–H and O–H groups in total. The number of anilines is 1. The average molecular weight is 294 g/mol. The number of aliphatic hydroxyl groups is 1. The highest BCUT2D eigenvalue weighted by atomic mass is 16.4. The number of carbonyl (C=O) groups is 2. The van der Waals surface area contributed by atoms with Crippen LogP contribution in [0.3, 0.4) is 0 Å². The highest BCUT2D eigenvalue weighted by Crippen LogP contribution is 2.23. The lowest BCUT2D eigenvalue weighted by molar-refractivity contribution is 0.142. The Labute approximate surface area is 119 Å². The number of aliphatic hydroxyl groups excluding tert-OH is 1. The third-order valence-electron chi connectivity index (χ3n) is 2.77. The minimum absolute atomic E-state index is 0.311. The van der Waals surface area contributed by atoms with Crippen molar-refractivity contribution in [3.63, 3.8) is 0 Å². The highest BCUT2D eigenvalue weighted by Gasteiger charge is 2.24. The van der Waals surface area contributed by atoms with Crippen LogP contribution >= 0.6 is 0 Å². The van der Waals surface area contributed by atoms with Crippen molar-refractivity contribution in [2.24, 2.45) is 4.99 Å². The van der Waals surface area contributed by atoms with Gasteiger partial charge in [-0.2, -0.15) is 0 Å². The second kappa shape index (κ2) is 6.09. The molecule has 1 heterocycles. The normalized spacial score (nSPS) is 14.0. The first-order valence-electron chi connectivity index (χ1n) is 6.05. The first-order valence-corrected chi connectivity index (χ1v) is 6.05. The molecule has 9 nitrogen and oxygen atoms in total. The van der Waals surface area contributed by atoms with Gasteiger partial charge in [-0.15, -0.1) is 0 Å². The summed E-state index contributed by atoms with van der Waals surface area (Å²) in [5.74, 6) is -0.401. The third kappa shape index (κ3) is 4.08. The zero-order valence-corrected chi connectivity index (χ0v) is 10.9. The predicted octanol–water partition coefficient (Wildman–Crippen LogP) is 0.390. The smallest absolute Gasteiger partial charge is 0.411 e. The van der Waals surface area contributed by atoms with Crippen LogP contribution in [0.25, 0.3) is 0 Å². The van der Waals surface area contributed by atoms with E-state index in [2.05, 4.69) is 4.99 Å². The quantitative estimate of drug-likeness (QED) is 0.395. The summed E-state index contributed by atoms with van der Waals surface area (Å²) in [6, 6.07) is 6.74. The van der Waals surface area contributed by atoms with Gasteiger partial charge in [0, 0.05) is 18.8 Å². The number of benzene rings is 1. The maximum atomic E-state index is 10.5. The number of hydrogen-bond acceptors (Lipinski definition) is 5. The largest absolute Gasteiger partial charge is 0.465 e. The second-order valence-electron chi connectivity index (χ2n) is 4.40. The van der Waals surface area contributed by atoms with Crippen LogP contribution in [0.1, 0.15) is 0 Å². The van der Waals surface area contributed by atoms with Gasteiger partial charge in [-0.25, -0.2) is 14.6 Å². The third-order valence-corrected chi connectivity index (χ3v) is 2.77. The summed E-state index contributed by atoms with van der Waals surface area (Å²) < 4.78 is 0. The van der Waals surface area contributed by atoms with Crippen molar-refractivity contribution in [1.29, 1.82) is 0 Å². The number of guanidine groups is 1. The molecule has 1 fully saturated rings. The molecular weight excluding hydrogens is 280 g/mol. The van der Waals surface area contributed by atoms with Crippen LogP contribution in [0.4, 0.5) is 21.0 Å². The zero-order valence-electron chi connectivity index (χ0n) is 10.9. The molecule has 0 radical (unpaired) electrons. The Bertz CT molecular complexity index is 548. The van der Waals surface area contributed by atoms with E-state index >= 15 is 0 Å². The van der Waals surface area contributed by atoms with E-state index in [0.29, 0.717) is 18.8 Å². The minimum atomic E-state index is -1.42. The van der Waals surface area contributed by atoms with Gasteiger partial charge in [-0.05, 0) is 24.3 Å². The van der Waals surface area contributed by atoms with Crippen LogP contribution < -0.4 is 15.5 Å². The number of β-amino-alcohol motifs (C(OH)–C–C–N with tert-alkyl or cyclic N) is 1. The molecule has 21 heavy (non-hydrogen) atoms. The van der Waals surface area contributed by atoms with Gasteiger partial charge in [0.2, 0.25) is 5.96 Å². The SMILES string of the molecule is O=C(O)NC(=Nc1ccc(N2CC(O)C2)cc1)NC(=O)O. The molecule has 0 bridgehead atoms. The molecule has 0 aliphatic carbocycles. The summed E-state index contributed by atoms with van der Waals surface area (Å²) in [4.78, 5) is 26.9. The van der Waals surface area contributed by atoms with Crippen LogP contribution in [0.15, 0.2) is 29.3 Å². The van der Waals surface area contributed by atoms with Gasteiger partial charge in [-0.1, -0.05) is 0 Å². The van der Waals surface area contributed by atoms with E-state index in [4.69, 9.17) is 10.2 Å². The van der Waals surface area contributed by atoms with Crippen molar-refractivity contribution in [2.75, 3.05) is 18.0 Å². The predicted molar refractivity (Wildman–Crippen MR) is 74.1 cm³/mol. The molecule has 112 valence electrons. The van der Waals surface area contributed by atoms with Crippen LogP contribution in [-0.2, 0) is 0 Å². The fourth-order valence-corrected chi connectivity index (χ4v) is 1.82. The van der Waals surface area contributed by atoms with Crippen molar-refractivity contribution in [3.8, 4) is 0 Å². The standard InChI is InChI=1S/C12H14N4O5/c17-9-5-16(6-9)8-3-1-7(2-4-8)13-10(14-11(18)19)15-12(20)21/h1-4,9,17H,5-6H2,(H,18,19)(H,20,21)(H2,13,14,15). The van der Waals surface area contributed by atoms with Gasteiger partial charge in [0.1, 0.15) is 0 Å². The van der Waals surface area contributed by atoms with E-state index in [0.717, 1.165) is 5.69 Å². The summed E-state index contributed by atoms with van der Waals surface area (Å²) in [5, 5.41) is 30.1. The number of rotatable bonds is 2.